The van der Waals surface area contributed by atoms with Gasteiger partial charge in [-0.15, -0.1) is 0 Å². The van der Waals surface area contributed by atoms with Crippen LogP contribution in [0.4, 0.5) is 0 Å². The van der Waals surface area contributed by atoms with Crippen LogP contribution in [-0.2, 0) is 16.1 Å². The molecule has 2 rings (SSSR count). The van der Waals surface area contributed by atoms with Crippen molar-refractivity contribution in [1.29, 1.82) is 0 Å². The summed E-state index contributed by atoms with van der Waals surface area (Å²) in [7, 11) is 0. The van der Waals surface area contributed by atoms with Crippen molar-refractivity contribution in [2.75, 3.05) is 6.61 Å². The highest BCUT2D eigenvalue weighted by atomic mass is 35.5. The third-order valence-electron chi connectivity index (χ3n) is 2.49. The van der Waals surface area contributed by atoms with Gasteiger partial charge in [0.2, 0.25) is 0 Å². The van der Waals surface area contributed by atoms with Crippen molar-refractivity contribution in [2.24, 2.45) is 0 Å². The van der Waals surface area contributed by atoms with E-state index in [0.717, 1.165) is 30.0 Å². The number of hydrogen-bond donors (Lipinski definition) is 0. The third-order valence-corrected chi connectivity index (χ3v) is 2.74. The number of rotatable bonds is 3. The van der Waals surface area contributed by atoms with E-state index in [0.29, 0.717) is 6.61 Å². The minimum atomic E-state index is -0.0190. The van der Waals surface area contributed by atoms with Crippen LogP contribution >= 0.6 is 11.6 Å². The molecule has 1 heterocycles. The van der Waals surface area contributed by atoms with Gasteiger partial charge in [-0.3, -0.25) is 0 Å². The van der Waals surface area contributed by atoms with Crippen LogP contribution in [0.1, 0.15) is 24.8 Å². The quantitative estimate of drug-likeness (QED) is 0.787. The van der Waals surface area contributed by atoms with Crippen molar-refractivity contribution < 1.29 is 9.47 Å². The number of hydrogen-bond acceptors (Lipinski definition) is 2. The fraction of sp³-hybridized carbons (Fsp3) is 0.500. The molecule has 0 aromatic heterocycles. The van der Waals surface area contributed by atoms with Gasteiger partial charge in [-0.1, -0.05) is 23.7 Å². The lowest BCUT2D eigenvalue weighted by Gasteiger charge is -2.22. The lowest BCUT2D eigenvalue weighted by molar-refractivity contribution is -0.168. The second kappa shape index (κ2) is 5.50. The van der Waals surface area contributed by atoms with Crippen LogP contribution in [0, 0.1) is 0 Å². The fourth-order valence-electron chi connectivity index (χ4n) is 1.61. The summed E-state index contributed by atoms with van der Waals surface area (Å²) < 4.78 is 11.1. The molecule has 1 fully saturated rings. The highest BCUT2D eigenvalue weighted by Gasteiger charge is 2.13. The molecule has 0 N–H and O–H groups in total. The highest BCUT2D eigenvalue weighted by molar-refractivity contribution is 6.30. The Morgan fingerprint density at radius 3 is 2.73 bits per heavy atom. The van der Waals surface area contributed by atoms with Gasteiger partial charge < -0.3 is 9.47 Å². The molecule has 0 aliphatic carbocycles. The summed E-state index contributed by atoms with van der Waals surface area (Å²) in [5.41, 5.74) is 1.13. The molecule has 2 nitrogen and oxygen atoms in total. The normalized spacial score (nSPS) is 21.5. The summed E-state index contributed by atoms with van der Waals surface area (Å²) in [4.78, 5) is 0. The van der Waals surface area contributed by atoms with Gasteiger partial charge in [-0.25, -0.2) is 0 Å². The lowest BCUT2D eigenvalue weighted by Crippen LogP contribution is -2.21. The molecule has 3 heteroatoms. The van der Waals surface area contributed by atoms with E-state index in [2.05, 4.69) is 0 Å². The summed E-state index contributed by atoms with van der Waals surface area (Å²) in [6.45, 7) is 1.42. The Morgan fingerprint density at radius 2 is 2.07 bits per heavy atom. The van der Waals surface area contributed by atoms with Crippen LogP contribution in [0.3, 0.4) is 0 Å². The molecule has 1 aliphatic heterocycles. The highest BCUT2D eigenvalue weighted by Crippen LogP contribution is 2.16. The van der Waals surface area contributed by atoms with Gasteiger partial charge in [-0.2, -0.15) is 0 Å². The third kappa shape index (κ3) is 3.49. The second-order valence-electron chi connectivity index (χ2n) is 3.73. The lowest BCUT2D eigenvalue weighted by atomic mass is 10.2. The van der Waals surface area contributed by atoms with Crippen LogP contribution in [0.2, 0.25) is 5.02 Å². The van der Waals surface area contributed by atoms with E-state index >= 15 is 0 Å². The van der Waals surface area contributed by atoms with Gasteiger partial charge >= 0.3 is 0 Å². The molecule has 1 aliphatic rings. The summed E-state index contributed by atoms with van der Waals surface area (Å²) >= 11 is 5.80. The Bertz CT molecular complexity index is 291. The largest absolute Gasteiger partial charge is 0.353 e. The Balaban J connectivity index is 1.79. The predicted octanol–water partition coefficient (Wildman–Crippen LogP) is 3.38. The molecule has 0 unspecified atom stereocenters. The molecule has 1 aromatic rings. The van der Waals surface area contributed by atoms with Gasteiger partial charge in [0.1, 0.15) is 0 Å². The molecule has 0 spiro atoms. The molecule has 15 heavy (non-hydrogen) atoms. The van der Waals surface area contributed by atoms with Crippen molar-refractivity contribution >= 4 is 11.6 Å². The SMILES string of the molecule is Clc1ccc(CO[C@@H]2CCCCO2)cc1. The van der Waals surface area contributed by atoms with E-state index in [1.807, 2.05) is 24.3 Å². The Morgan fingerprint density at radius 1 is 1.27 bits per heavy atom. The zero-order chi connectivity index (χ0) is 10.5. The molecular formula is C12H15ClO2. The summed E-state index contributed by atoms with van der Waals surface area (Å²) in [6, 6.07) is 7.71. The van der Waals surface area contributed by atoms with Crippen molar-refractivity contribution in [3.8, 4) is 0 Å². The van der Waals surface area contributed by atoms with Crippen molar-refractivity contribution in [2.45, 2.75) is 32.2 Å². The topological polar surface area (TPSA) is 18.5 Å². The standard InChI is InChI=1S/C12H15ClO2/c13-11-6-4-10(5-7-11)9-15-12-3-1-2-8-14-12/h4-7,12H,1-3,8-9H2/t12-/m1/s1. The van der Waals surface area contributed by atoms with Gasteiger partial charge in [0.25, 0.3) is 0 Å². The van der Waals surface area contributed by atoms with Crippen LogP contribution < -0.4 is 0 Å². The first kappa shape index (κ1) is 10.9. The van der Waals surface area contributed by atoms with Crippen LogP contribution in [0.15, 0.2) is 24.3 Å². The summed E-state index contributed by atoms with van der Waals surface area (Å²) in [5.74, 6) is 0. The molecule has 0 amide bonds. The van der Waals surface area contributed by atoms with Gasteiger partial charge in [0, 0.05) is 11.6 Å². The number of halogens is 1. The second-order valence-corrected chi connectivity index (χ2v) is 4.17. The molecule has 0 saturated carbocycles. The van der Waals surface area contributed by atoms with E-state index in [1.54, 1.807) is 0 Å². The first-order valence-electron chi connectivity index (χ1n) is 5.32. The summed E-state index contributed by atoms with van der Waals surface area (Å²) in [5, 5.41) is 0.757. The van der Waals surface area contributed by atoms with E-state index in [1.165, 1.54) is 6.42 Å². The Labute approximate surface area is 95.1 Å². The van der Waals surface area contributed by atoms with Gasteiger partial charge in [0.15, 0.2) is 6.29 Å². The van der Waals surface area contributed by atoms with E-state index in [-0.39, 0.29) is 6.29 Å². The zero-order valence-corrected chi connectivity index (χ0v) is 9.37. The zero-order valence-electron chi connectivity index (χ0n) is 8.62. The minimum absolute atomic E-state index is 0.0190. The van der Waals surface area contributed by atoms with E-state index in [4.69, 9.17) is 21.1 Å². The monoisotopic (exact) mass is 226 g/mol. The average molecular weight is 227 g/mol. The molecule has 1 aromatic carbocycles. The van der Waals surface area contributed by atoms with Crippen LogP contribution in [-0.4, -0.2) is 12.9 Å². The average Bonchev–Trinajstić information content (AvgIpc) is 2.30. The van der Waals surface area contributed by atoms with E-state index < -0.39 is 0 Å². The first-order valence-corrected chi connectivity index (χ1v) is 5.70. The first-order chi connectivity index (χ1) is 7.34. The fourth-order valence-corrected chi connectivity index (χ4v) is 1.74. The molecular weight excluding hydrogens is 212 g/mol. The Hall–Kier alpha value is -0.570. The van der Waals surface area contributed by atoms with Crippen molar-refractivity contribution in [3.63, 3.8) is 0 Å². The maximum atomic E-state index is 5.80. The van der Waals surface area contributed by atoms with Crippen LogP contribution in [0.5, 0.6) is 0 Å². The Kier molecular flexibility index (Phi) is 4.01. The van der Waals surface area contributed by atoms with Crippen molar-refractivity contribution in [3.05, 3.63) is 34.9 Å². The maximum Gasteiger partial charge on any atom is 0.158 e. The molecule has 0 bridgehead atoms. The number of ether oxygens (including phenoxy) is 2. The minimum Gasteiger partial charge on any atom is -0.353 e. The molecule has 1 atom stereocenters. The summed E-state index contributed by atoms with van der Waals surface area (Å²) in [6.07, 6.45) is 3.34. The number of benzene rings is 1. The van der Waals surface area contributed by atoms with E-state index in [9.17, 15) is 0 Å². The smallest absolute Gasteiger partial charge is 0.158 e. The van der Waals surface area contributed by atoms with Gasteiger partial charge in [-0.05, 0) is 37.0 Å². The predicted molar refractivity (Wildman–Crippen MR) is 59.8 cm³/mol. The maximum absolute atomic E-state index is 5.80. The van der Waals surface area contributed by atoms with Gasteiger partial charge in [0.05, 0.1) is 6.61 Å². The van der Waals surface area contributed by atoms with Crippen molar-refractivity contribution in [1.82, 2.24) is 0 Å². The molecule has 1 saturated heterocycles. The molecule has 0 radical (unpaired) electrons. The molecule has 82 valence electrons. The van der Waals surface area contributed by atoms with Crippen LogP contribution in [0.25, 0.3) is 0 Å².